The van der Waals surface area contributed by atoms with E-state index in [1.807, 2.05) is 85.8 Å². The summed E-state index contributed by atoms with van der Waals surface area (Å²) >= 11 is 3.51. The highest BCUT2D eigenvalue weighted by molar-refractivity contribution is 9.10. The normalized spacial score (nSPS) is 14.1. The van der Waals surface area contributed by atoms with Crippen LogP contribution in [0.2, 0.25) is 0 Å². The van der Waals surface area contributed by atoms with E-state index in [2.05, 4.69) is 27.6 Å². The third kappa shape index (κ3) is 5.86. The maximum Gasteiger partial charge on any atom is 0.280 e. The van der Waals surface area contributed by atoms with E-state index >= 15 is 0 Å². The van der Waals surface area contributed by atoms with E-state index in [1.165, 1.54) is 5.01 Å². The number of halogens is 1. The van der Waals surface area contributed by atoms with Gasteiger partial charge >= 0.3 is 0 Å². The Morgan fingerprint density at radius 2 is 1.69 bits per heavy atom. The lowest BCUT2D eigenvalue weighted by Gasteiger charge is -2.14. The number of nitrogens with zero attached hydrogens (tertiary/aromatic N) is 2. The quantitative estimate of drug-likeness (QED) is 0.166. The van der Waals surface area contributed by atoms with Gasteiger partial charge in [-0.2, -0.15) is 10.1 Å². The summed E-state index contributed by atoms with van der Waals surface area (Å²) in [7, 11) is 1.62. The topological polar surface area (TPSA) is 60.4 Å². The first-order chi connectivity index (χ1) is 17.5. The van der Waals surface area contributed by atoms with Gasteiger partial charge in [0.1, 0.15) is 19.0 Å². The molecule has 7 heteroatoms. The molecule has 3 aromatic carbocycles. The Balaban J connectivity index is 1.46. The number of anilines is 1. The summed E-state index contributed by atoms with van der Waals surface area (Å²) in [6.45, 7) is 6.23. The zero-order valence-electron chi connectivity index (χ0n) is 20.2. The number of hydrogen-bond acceptors (Lipinski definition) is 5. The van der Waals surface area contributed by atoms with Crippen molar-refractivity contribution in [3.05, 3.63) is 101 Å². The lowest BCUT2D eigenvalue weighted by molar-refractivity contribution is -0.114. The van der Waals surface area contributed by atoms with Gasteiger partial charge in [0.2, 0.25) is 0 Å². The van der Waals surface area contributed by atoms with Crippen LogP contribution in [0.15, 0.2) is 94.5 Å². The van der Waals surface area contributed by atoms with Crippen LogP contribution in [0.3, 0.4) is 0 Å². The summed E-state index contributed by atoms with van der Waals surface area (Å²) in [4.78, 5) is 13.1. The first kappa shape index (κ1) is 25.3. The number of carbonyl (C=O) groups excluding carboxylic acids is 1. The van der Waals surface area contributed by atoms with Crippen LogP contribution >= 0.6 is 15.9 Å². The minimum absolute atomic E-state index is 0.181. The van der Waals surface area contributed by atoms with Crippen LogP contribution < -0.4 is 19.2 Å². The smallest absolute Gasteiger partial charge is 0.280 e. The van der Waals surface area contributed by atoms with E-state index in [4.69, 9.17) is 14.2 Å². The molecule has 184 valence electrons. The summed E-state index contributed by atoms with van der Waals surface area (Å²) in [6, 6.07) is 20.9. The highest BCUT2D eigenvalue weighted by atomic mass is 79.9. The number of rotatable bonds is 10. The number of carbonyl (C=O) groups is 1. The van der Waals surface area contributed by atoms with Crippen molar-refractivity contribution in [3.8, 4) is 17.2 Å². The average molecular weight is 547 g/mol. The van der Waals surface area contributed by atoms with Crippen LogP contribution in [0, 0.1) is 0 Å². The second-order valence-electron chi connectivity index (χ2n) is 8.05. The predicted molar refractivity (Wildman–Crippen MR) is 147 cm³/mol. The van der Waals surface area contributed by atoms with Gasteiger partial charge in [0, 0.05) is 10.0 Å². The number of amides is 1. The van der Waals surface area contributed by atoms with Crippen molar-refractivity contribution >= 4 is 39.3 Å². The van der Waals surface area contributed by atoms with Gasteiger partial charge in [-0.15, -0.1) is 6.58 Å². The maximum atomic E-state index is 13.1. The molecule has 0 saturated carbocycles. The number of hydrazone groups is 1. The van der Waals surface area contributed by atoms with Crippen LogP contribution in [-0.4, -0.2) is 31.9 Å². The number of ether oxygens (including phenoxy) is 3. The molecule has 3 aromatic rings. The molecule has 36 heavy (non-hydrogen) atoms. The molecule has 0 spiro atoms. The van der Waals surface area contributed by atoms with E-state index in [0.717, 1.165) is 27.7 Å². The van der Waals surface area contributed by atoms with E-state index in [-0.39, 0.29) is 5.91 Å². The van der Waals surface area contributed by atoms with E-state index in [1.54, 1.807) is 7.11 Å². The largest absolute Gasteiger partial charge is 0.493 e. The Kier molecular flexibility index (Phi) is 8.23. The third-order valence-electron chi connectivity index (χ3n) is 5.54. The van der Waals surface area contributed by atoms with Gasteiger partial charge in [0.25, 0.3) is 5.91 Å². The van der Waals surface area contributed by atoms with Gasteiger partial charge in [-0.1, -0.05) is 46.3 Å². The zero-order valence-corrected chi connectivity index (χ0v) is 21.8. The van der Waals surface area contributed by atoms with Crippen molar-refractivity contribution in [2.75, 3.05) is 25.3 Å². The van der Waals surface area contributed by atoms with Crippen molar-refractivity contribution in [2.45, 2.75) is 13.3 Å². The van der Waals surface area contributed by atoms with Crippen molar-refractivity contribution in [1.29, 1.82) is 0 Å². The number of allylic oxidation sites excluding steroid dienone is 1. The van der Waals surface area contributed by atoms with Crippen LogP contribution in [0.25, 0.3) is 6.08 Å². The number of para-hydroxylation sites is 1. The van der Waals surface area contributed by atoms with Gasteiger partial charge in [-0.05, 0) is 67.4 Å². The molecular weight excluding hydrogens is 520 g/mol. The third-order valence-corrected chi connectivity index (χ3v) is 6.03. The predicted octanol–water partition coefficient (Wildman–Crippen LogP) is 6.45. The lowest BCUT2D eigenvalue weighted by atomic mass is 10.1. The van der Waals surface area contributed by atoms with E-state index in [0.29, 0.717) is 41.7 Å². The van der Waals surface area contributed by atoms with Gasteiger partial charge in [0.15, 0.2) is 11.5 Å². The summed E-state index contributed by atoms with van der Waals surface area (Å²) in [6.07, 6.45) is 4.42. The molecule has 0 radical (unpaired) electrons. The Morgan fingerprint density at radius 1 is 0.972 bits per heavy atom. The standard InChI is InChI=1S/C29H27BrN2O4/c1-4-8-21-11-13-27(28(17-21)34-3)36-16-15-35-26-14-12-23(30)18-22(26)19-25-20(2)31-32(29(25)33)24-9-6-5-7-10-24/h4-7,9-14,17-19H,1,8,15-16H2,2-3H3/b25-19+. The molecule has 0 fully saturated rings. The van der Waals surface area contributed by atoms with Gasteiger partial charge in [0.05, 0.1) is 24.1 Å². The van der Waals surface area contributed by atoms with Crippen LogP contribution in [-0.2, 0) is 11.2 Å². The first-order valence-corrected chi connectivity index (χ1v) is 12.3. The second kappa shape index (κ2) is 11.7. The number of benzene rings is 3. The highest BCUT2D eigenvalue weighted by Gasteiger charge is 2.28. The fourth-order valence-corrected chi connectivity index (χ4v) is 4.15. The molecule has 0 aromatic heterocycles. The van der Waals surface area contributed by atoms with Gasteiger partial charge < -0.3 is 14.2 Å². The number of hydrogen-bond donors (Lipinski definition) is 0. The molecule has 1 amide bonds. The minimum atomic E-state index is -0.181. The maximum absolute atomic E-state index is 13.1. The molecule has 0 bridgehead atoms. The summed E-state index contributed by atoms with van der Waals surface area (Å²) < 4.78 is 18.3. The second-order valence-corrected chi connectivity index (χ2v) is 8.97. The lowest BCUT2D eigenvalue weighted by Crippen LogP contribution is -2.21. The Labute approximate surface area is 219 Å². The van der Waals surface area contributed by atoms with Gasteiger partial charge in [-0.3, -0.25) is 4.79 Å². The van der Waals surface area contributed by atoms with Crippen molar-refractivity contribution in [3.63, 3.8) is 0 Å². The van der Waals surface area contributed by atoms with Crippen molar-refractivity contribution in [2.24, 2.45) is 5.10 Å². The van der Waals surface area contributed by atoms with E-state index in [9.17, 15) is 4.79 Å². The highest BCUT2D eigenvalue weighted by Crippen LogP contribution is 2.31. The molecule has 1 heterocycles. The minimum Gasteiger partial charge on any atom is -0.493 e. The zero-order chi connectivity index (χ0) is 25.5. The fourth-order valence-electron chi connectivity index (χ4n) is 3.78. The molecule has 1 aliphatic rings. The Morgan fingerprint density at radius 3 is 2.42 bits per heavy atom. The molecule has 0 aliphatic carbocycles. The average Bonchev–Trinajstić information content (AvgIpc) is 3.17. The van der Waals surface area contributed by atoms with Crippen LogP contribution in [0.1, 0.15) is 18.1 Å². The SMILES string of the molecule is C=CCc1ccc(OCCOc2ccc(Br)cc2/C=C2/C(=O)N(c3ccccc3)N=C2C)c(OC)c1. The summed E-state index contributed by atoms with van der Waals surface area (Å²) in [5.41, 5.74) is 3.75. The molecule has 6 nitrogen and oxygen atoms in total. The molecule has 0 N–H and O–H groups in total. The first-order valence-electron chi connectivity index (χ1n) is 11.5. The molecule has 0 saturated heterocycles. The Bertz CT molecular complexity index is 1320. The molecule has 0 unspecified atom stereocenters. The van der Waals surface area contributed by atoms with E-state index < -0.39 is 0 Å². The summed E-state index contributed by atoms with van der Waals surface area (Å²) in [5.74, 6) is 1.78. The van der Waals surface area contributed by atoms with Crippen LogP contribution in [0.5, 0.6) is 17.2 Å². The van der Waals surface area contributed by atoms with Crippen molar-refractivity contribution in [1.82, 2.24) is 0 Å². The van der Waals surface area contributed by atoms with Crippen molar-refractivity contribution < 1.29 is 19.0 Å². The molecular formula is C29H27BrN2O4. The van der Waals surface area contributed by atoms with Gasteiger partial charge in [-0.25, -0.2) is 0 Å². The Hall–Kier alpha value is -3.84. The molecule has 0 atom stereocenters. The fraction of sp³-hybridized carbons (Fsp3) is 0.172. The molecule has 1 aliphatic heterocycles. The summed E-state index contributed by atoms with van der Waals surface area (Å²) in [5, 5.41) is 5.87. The molecule has 4 rings (SSSR count). The number of methoxy groups -OCH3 is 1. The van der Waals surface area contributed by atoms with Crippen LogP contribution in [0.4, 0.5) is 5.69 Å². The monoisotopic (exact) mass is 546 g/mol.